The summed E-state index contributed by atoms with van der Waals surface area (Å²) in [7, 11) is -1.99. The van der Waals surface area contributed by atoms with E-state index in [1.54, 1.807) is 19.1 Å². The predicted octanol–water partition coefficient (Wildman–Crippen LogP) is 1.02. The Balaban J connectivity index is 3.01. The lowest BCUT2D eigenvalue weighted by atomic mass is 10.1. The normalized spacial score (nSPS) is 13.5. The highest BCUT2D eigenvalue weighted by Crippen LogP contribution is 2.16. The number of hydrogen-bond acceptors (Lipinski definition) is 4. The lowest BCUT2D eigenvalue weighted by Crippen LogP contribution is -2.35. The fraction of sp³-hybridized carbons (Fsp3) is 0.538. The van der Waals surface area contributed by atoms with Crippen molar-refractivity contribution in [2.75, 3.05) is 13.7 Å². The van der Waals surface area contributed by atoms with Gasteiger partial charge in [-0.15, -0.1) is 0 Å². The SMILES string of the molecule is CCc1ccc(S(=O)(=O)NC(C)COC)cc1CN. The highest BCUT2D eigenvalue weighted by Gasteiger charge is 2.18. The van der Waals surface area contributed by atoms with Crippen molar-refractivity contribution < 1.29 is 13.2 Å². The minimum absolute atomic E-state index is 0.244. The van der Waals surface area contributed by atoms with E-state index < -0.39 is 10.0 Å². The molecule has 1 aromatic carbocycles. The van der Waals surface area contributed by atoms with Gasteiger partial charge in [0.15, 0.2) is 0 Å². The van der Waals surface area contributed by atoms with Crippen LogP contribution in [0.3, 0.4) is 0 Å². The number of rotatable bonds is 7. The van der Waals surface area contributed by atoms with E-state index >= 15 is 0 Å². The van der Waals surface area contributed by atoms with Crippen LogP contribution in [0.1, 0.15) is 25.0 Å². The molecule has 0 fully saturated rings. The van der Waals surface area contributed by atoms with Gasteiger partial charge in [-0.3, -0.25) is 0 Å². The standard InChI is InChI=1S/C13H22N2O3S/c1-4-11-5-6-13(7-12(11)8-14)19(16,17)15-10(2)9-18-3/h5-7,10,15H,4,8-9,14H2,1-3H3. The quantitative estimate of drug-likeness (QED) is 0.784. The minimum atomic E-state index is -3.52. The Kier molecular flexibility index (Phi) is 5.93. The van der Waals surface area contributed by atoms with Crippen LogP contribution in [0.15, 0.2) is 23.1 Å². The summed E-state index contributed by atoms with van der Waals surface area (Å²) in [5.74, 6) is 0. The lowest BCUT2D eigenvalue weighted by molar-refractivity contribution is 0.180. The summed E-state index contributed by atoms with van der Waals surface area (Å²) in [5.41, 5.74) is 7.59. The first-order valence-electron chi connectivity index (χ1n) is 6.27. The van der Waals surface area contributed by atoms with Crippen molar-refractivity contribution in [1.82, 2.24) is 4.72 Å². The van der Waals surface area contributed by atoms with Crippen LogP contribution in [-0.2, 0) is 27.7 Å². The third kappa shape index (κ3) is 4.28. The van der Waals surface area contributed by atoms with Crippen LogP contribution in [0.4, 0.5) is 0 Å². The van der Waals surface area contributed by atoms with Crippen LogP contribution < -0.4 is 10.5 Å². The Morgan fingerprint density at radius 2 is 2.05 bits per heavy atom. The molecule has 0 spiro atoms. The molecule has 0 bridgehead atoms. The molecule has 1 atom stereocenters. The van der Waals surface area contributed by atoms with E-state index in [0.717, 1.165) is 17.5 Å². The molecule has 0 saturated carbocycles. The maximum absolute atomic E-state index is 12.2. The zero-order valence-electron chi connectivity index (χ0n) is 11.6. The van der Waals surface area contributed by atoms with Gasteiger partial charge in [0.05, 0.1) is 11.5 Å². The molecule has 0 amide bonds. The van der Waals surface area contributed by atoms with Crippen LogP contribution in [0, 0.1) is 0 Å². The summed E-state index contributed by atoms with van der Waals surface area (Å²) in [6, 6.07) is 4.79. The molecule has 0 aliphatic carbocycles. The maximum atomic E-state index is 12.2. The summed E-state index contributed by atoms with van der Waals surface area (Å²) in [4.78, 5) is 0.244. The number of hydrogen-bond donors (Lipinski definition) is 2. The second kappa shape index (κ2) is 7.00. The predicted molar refractivity (Wildman–Crippen MR) is 75.4 cm³/mol. The van der Waals surface area contributed by atoms with Crippen molar-refractivity contribution in [1.29, 1.82) is 0 Å². The molecule has 6 heteroatoms. The van der Waals surface area contributed by atoms with Gasteiger partial charge in [-0.25, -0.2) is 13.1 Å². The van der Waals surface area contributed by atoms with Crippen molar-refractivity contribution in [2.24, 2.45) is 5.73 Å². The van der Waals surface area contributed by atoms with E-state index in [1.165, 1.54) is 7.11 Å². The van der Waals surface area contributed by atoms with Gasteiger partial charge in [-0.1, -0.05) is 13.0 Å². The van der Waals surface area contributed by atoms with Gasteiger partial charge >= 0.3 is 0 Å². The summed E-state index contributed by atoms with van der Waals surface area (Å²) in [6.07, 6.45) is 0.834. The summed E-state index contributed by atoms with van der Waals surface area (Å²) in [5, 5.41) is 0. The van der Waals surface area contributed by atoms with E-state index in [-0.39, 0.29) is 10.9 Å². The van der Waals surface area contributed by atoms with Gasteiger partial charge in [-0.05, 0) is 36.6 Å². The van der Waals surface area contributed by atoms with Gasteiger partial charge in [-0.2, -0.15) is 0 Å². The van der Waals surface area contributed by atoms with Crippen LogP contribution in [-0.4, -0.2) is 28.2 Å². The number of nitrogens with two attached hydrogens (primary N) is 1. The first-order chi connectivity index (χ1) is 8.94. The lowest BCUT2D eigenvalue weighted by Gasteiger charge is -2.14. The molecule has 1 aromatic rings. The van der Waals surface area contributed by atoms with Crippen molar-refractivity contribution >= 4 is 10.0 Å². The topological polar surface area (TPSA) is 81.4 Å². The second-order valence-corrected chi connectivity index (χ2v) is 6.18. The average molecular weight is 286 g/mol. The van der Waals surface area contributed by atoms with Gasteiger partial charge in [0.1, 0.15) is 0 Å². The first kappa shape index (κ1) is 16.1. The molecule has 5 nitrogen and oxygen atoms in total. The highest BCUT2D eigenvalue weighted by atomic mass is 32.2. The Morgan fingerprint density at radius 3 is 2.58 bits per heavy atom. The van der Waals surface area contributed by atoms with Gasteiger partial charge in [0.25, 0.3) is 0 Å². The third-order valence-corrected chi connectivity index (χ3v) is 4.45. The molecule has 0 radical (unpaired) electrons. The van der Waals surface area contributed by atoms with Gasteiger partial charge in [0.2, 0.25) is 10.0 Å². The molecule has 3 N–H and O–H groups in total. The molecule has 1 unspecified atom stereocenters. The molecule has 0 aliphatic heterocycles. The zero-order chi connectivity index (χ0) is 14.5. The number of aryl methyl sites for hydroxylation is 1. The molecule has 0 saturated heterocycles. The smallest absolute Gasteiger partial charge is 0.240 e. The number of methoxy groups -OCH3 is 1. The zero-order valence-corrected chi connectivity index (χ0v) is 12.5. The van der Waals surface area contributed by atoms with E-state index in [4.69, 9.17) is 10.5 Å². The van der Waals surface area contributed by atoms with Crippen LogP contribution in [0.25, 0.3) is 0 Å². The highest BCUT2D eigenvalue weighted by molar-refractivity contribution is 7.89. The minimum Gasteiger partial charge on any atom is -0.383 e. The number of nitrogens with one attached hydrogen (secondary N) is 1. The monoisotopic (exact) mass is 286 g/mol. The Labute approximate surface area is 115 Å². The van der Waals surface area contributed by atoms with Crippen molar-refractivity contribution in [2.45, 2.75) is 37.8 Å². The van der Waals surface area contributed by atoms with Crippen molar-refractivity contribution in [3.05, 3.63) is 29.3 Å². The fourth-order valence-corrected chi connectivity index (χ4v) is 3.20. The van der Waals surface area contributed by atoms with E-state index in [0.29, 0.717) is 13.2 Å². The molecular formula is C13H22N2O3S. The summed E-state index contributed by atoms with van der Waals surface area (Å²) < 4.78 is 31.8. The second-order valence-electron chi connectivity index (χ2n) is 4.47. The number of ether oxygens (including phenoxy) is 1. The van der Waals surface area contributed by atoms with E-state index in [9.17, 15) is 8.42 Å². The van der Waals surface area contributed by atoms with Gasteiger partial charge in [0, 0.05) is 19.7 Å². The first-order valence-corrected chi connectivity index (χ1v) is 7.76. The van der Waals surface area contributed by atoms with E-state index in [1.807, 2.05) is 13.0 Å². The molecule has 0 heterocycles. The molecular weight excluding hydrogens is 264 g/mol. The van der Waals surface area contributed by atoms with Crippen LogP contribution in [0.5, 0.6) is 0 Å². The number of benzene rings is 1. The summed E-state index contributed by atoms with van der Waals surface area (Å²) in [6.45, 7) is 4.43. The molecule has 1 rings (SSSR count). The Hall–Kier alpha value is -0.950. The fourth-order valence-electron chi connectivity index (χ4n) is 1.92. The van der Waals surface area contributed by atoms with E-state index in [2.05, 4.69) is 4.72 Å². The Morgan fingerprint density at radius 1 is 1.37 bits per heavy atom. The molecule has 0 aliphatic rings. The largest absolute Gasteiger partial charge is 0.383 e. The Bertz CT molecular complexity index is 515. The summed E-state index contributed by atoms with van der Waals surface area (Å²) >= 11 is 0. The number of sulfonamides is 1. The van der Waals surface area contributed by atoms with Crippen LogP contribution >= 0.6 is 0 Å². The average Bonchev–Trinajstić information content (AvgIpc) is 2.37. The molecule has 19 heavy (non-hydrogen) atoms. The maximum Gasteiger partial charge on any atom is 0.240 e. The molecule has 0 aromatic heterocycles. The van der Waals surface area contributed by atoms with Crippen molar-refractivity contribution in [3.8, 4) is 0 Å². The molecule has 108 valence electrons. The van der Waals surface area contributed by atoms with Crippen LogP contribution in [0.2, 0.25) is 0 Å². The third-order valence-electron chi connectivity index (χ3n) is 2.86. The van der Waals surface area contributed by atoms with Gasteiger partial charge < -0.3 is 10.5 Å². The van der Waals surface area contributed by atoms with Crippen molar-refractivity contribution in [3.63, 3.8) is 0 Å².